The quantitative estimate of drug-likeness (QED) is 0.766. The molecule has 1 saturated carbocycles. The van der Waals surface area contributed by atoms with E-state index in [1.165, 1.54) is 0 Å². The van der Waals surface area contributed by atoms with Gasteiger partial charge in [-0.25, -0.2) is 14.3 Å². The van der Waals surface area contributed by atoms with E-state index >= 15 is 0 Å². The Kier molecular flexibility index (Phi) is 6.10. The molecule has 1 aliphatic rings. The van der Waals surface area contributed by atoms with Crippen molar-refractivity contribution >= 4 is 17.6 Å². The summed E-state index contributed by atoms with van der Waals surface area (Å²) in [5.41, 5.74) is 0.526. The number of aryl methyl sites for hydroxylation is 1. The van der Waals surface area contributed by atoms with Gasteiger partial charge >= 0.3 is 6.09 Å². The molecule has 0 bridgehead atoms. The van der Waals surface area contributed by atoms with Crippen molar-refractivity contribution in [2.24, 2.45) is 0 Å². The van der Waals surface area contributed by atoms with Crippen molar-refractivity contribution in [2.75, 3.05) is 6.54 Å². The summed E-state index contributed by atoms with van der Waals surface area (Å²) >= 11 is 0. The maximum absolute atomic E-state index is 13.0. The normalized spacial score (nSPS) is 16.8. The first-order valence-corrected chi connectivity index (χ1v) is 10.3. The largest absolute Gasteiger partial charge is 0.444 e. The zero-order chi connectivity index (χ0) is 21.1. The van der Waals surface area contributed by atoms with E-state index in [0.717, 1.165) is 38.5 Å². The van der Waals surface area contributed by atoms with Gasteiger partial charge in [0, 0.05) is 18.9 Å². The van der Waals surface area contributed by atoms with Gasteiger partial charge in [-0.2, -0.15) is 5.10 Å². The van der Waals surface area contributed by atoms with Crippen molar-refractivity contribution in [3.05, 3.63) is 29.7 Å². The van der Waals surface area contributed by atoms with E-state index in [0.29, 0.717) is 23.4 Å². The Morgan fingerprint density at radius 2 is 1.90 bits per heavy atom. The molecule has 2 aromatic heterocycles. The number of amides is 2. The van der Waals surface area contributed by atoms with E-state index in [1.54, 1.807) is 29.9 Å². The molecular weight excluding hydrogens is 370 g/mol. The highest BCUT2D eigenvalue weighted by Crippen LogP contribution is 2.27. The second-order valence-corrected chi connectivity index (χ2v) is 8.85. The number of hydrogen-bond acceptors (Lipinski definition) is 5. The average molecular weight is 402 g/mol. The smallest absolute Gasteiger partial charge is 0.408 e. The molecular formula is C21H31N5O3. The molecule has 2 N–H and O–H groups in total. The molecule has 0 spiro atoms. The van der Waals surface area contributed by atoms with Crippen molar-refractivity contribution in [1.29, 1.82) is 0 Å². The van der Waals surface area contributed by atoms with Gasteiger partial charge in [0.15, 0.2) is 5.65 Å². The maximum atomic E-state index is 13.0. The lowest BCUT2D eigenvalue weighted by Gasteiger charge is -2.35. The Bertz CT molecular complexity index is 876. The molecule has 8 nitrogen and oxygen atoms in total. The second-order valence-electron chi connectivity index (χ2n) is 8.85. The van der Waals surface area contributed by atoms with Crippen molar-refractivity contribution in [2.45, 2.75) is 77.4 Å². The van der Waals surface area contributed by atoms with Gasteiger partial charge in [0.25, 0.3) is 5.91 Å². The van der Waals surface area contributed by atoms with Gasteiger partial charge in [0.05, 0.1) is 11.2 Å². The molecule has 0 aromatic carbocycles. The molecule has 158 valence electrons. The summed E-state index contributed by atoms with van der Waals surface area (Å²) in [6, 6.07) is 1.77. The number of ether oxygens (including phenoxy) is 1. The molecule has 0 unspecified atom stereocenters. The molecule has 0 radical (unpaired) electrons. The Hall–Kier alpha value is -2.64. The van der Waals surface area contributed by atoms with Crippen LogP contribution in [0.4, 0.5) is 4.79 Å². The van der Waals surface area contributed by atoms with E-state index in [2.05, 4.69) is 20.7 Å². The fraction of sp³-hybridized carbons (Fsp3) is 0.619. The molecule has 1 aliphatic carbocycles. The molecule has 2 heterocycles. The third-order valence-electron chi connectivity index (χ3n) is 5.21. The topological polar surface area (TPSA) is 97.6 Å². The summed E-state index contributed by atoms with van der Waals surface area (Å²) in [7, 11) is 0. The van der Waals surface area contributed by atoms with Crippen molar-refractivity contribution in [3.63, 3.8) is 0 Å². The first kappa shape index (κ1) is 21.1. The number of aromatic nitrogens is 3. The third-order valence-corrected chi connectivity index (χ3v) is 5.21. The minimum absolute atomic E-state index is 0.231. The Labute approximate surface area is 171 Å². The van der Waals surface area contributed by atoms with E-state index in [-0.39, 0.29) is 5.91 Å². The fourth-order valence-electron chi connectivity index (χ4n) is 3.87. The molecule has 1 fully saturated rings. The Morgan fingerprint density at radius 1 is 1.21 bits per heavy atom. The lowest BCUT2D eigenvalue weighted by Crippen LogP contribution is -2.56. The minimum atomic E-state index is -0.570. The van der Waals surface area contributed by atoms with Crippen LogP contribution in [0.3, 0.4) is 0 Å². The predicted octanol–water partition coefficient (Wildman–Crippen LogP) is 3.39. The van der Waals surface area contributed by atoms with Gasteiger partial charge in [-0.05, 0) is 46.6 Å². The minimum Gasteiger partial charge on any atom is -0.444 e. The molecule has 0 atom stereocenters. The van der Waals surface area contributed by atoms with Gasteiger partial charge in [-0.1, -0.05) is 25.7 Å². The van der Waals surface area contributed by atoms with Crippen LogP contribution in [-0.2, 0) is 4.74 Å². The van der Waals surface area contributed by atoms with E-state index in [1.807, 2.05) is 20.8 Å². The number of hydrogen-bond donors (Lipinski definition) is 2. The molecule has 2 aromatic rings. The van der Waals surface area contributed by atoms with Gasteiger partial charge in [0.2, 0.25) is 0 Å². The SMILES string of the molecule is Cc1nn2cccnc2c1C(=O)NCC1(NC(=O)OC(C)(C)C)CCCCCC1. The number of rotatable bonds is 4. The molecule has 3 rings (SSSR count). The Morgan fingerprint density at radius 3 is 2.55 bits per heavy atom. The first-order valence-electron chi connectivity index (χ1n) is 10.3. The number of alkyl carbamates (subject to hydrolysis) is 1. The summed E-state index contributed by atoms with van der Waals surface area (Å²) in [4.78, 5) is 29.7. The first-order chi connectivity index (χ1) is 13.7. The highest BCUT2D eigenvalue weighted by atomic mass is 16.6. The van der Waals surface area contributed by atoms with Gasteiger partial charge < -0.3 is 15.4 Å². The number of nitrogens with zero attached hydrogens (tertiary/aromatic N) is 3. The fourth-order valence-corrected chi connectivity index (χ4v) is 3.87. The van der Waals surface area contributed by atoms with Crippen molar-refractivity contribution < 1.29 is 14.3 Å². The number of carbonyl (C=O) groups is 2. The van der Waals surface area contributed by atoms with Crippen LogP contribution in [0.1, 0.15) is 75.3 Å². The van der Waals surface area contributed by atoms with Gasteiger partial charge in [-0.15, -0.1) is 0 Å². The zero-order valence-electron chi connectivity index (χ0n) is 17.7. The van der Waals surface area contributed by atoms with Gasteiger partial charge in [-0.3, -0.25) is 4.79 Å². The lowest BCUT2D eigenvalue weighted by molar-refractivity contribution is 0.0437. The van der Waals surface area contributed by atoms with E-state index in [4.69, 9.17) is 4.74 Å². The molecule has 8 heteroatoms. The summed E-state index contributed by atoms with van der Waals surface area (Å²) in [6.07, 6.45) is 8.84. The van der Waals surface area contributed by atoms with Crippen LogP contribution in [0.15, 0.2) is 18.5 Å². The van der Waals surface area contributed by atoms with Crippen LogP contribution in [0.5, 0.6) is 0 Å². The predicted molar refractivity (Wildman–Crippen MR) is 110 cm³/mol. The molecule has 0 aliphatic heterocycles. The zero-order valence-corrected chi connectivity index (χ0v) is 17.7. The summed E-state index contributed by atoms with van der Waals surface area (Å²) in [5.74, 6) is -0.231. The van der Waals surface area contributed by atoms with Gasteiger partial charge in [0.1, 0.15) is 11.2 Å². The highest BCUT2D eigenvalue weighted by Gasteiger charge is 2.35. The molecule has 2 amide bonds. The summed E-state index contributed by atoms with van der Waals surface area (Å²) < 4.78 is 7.08. The number of fused-ring (bicyclic) bond motifs is 1. The van der Waals surface area contributed by atoms with Crippen LogP contribution < -0.4 is 10.6 Å². The number of nitrogens with one attached hydrogen (secondary N) is 2. The third kappa shape index (κ3) is 5.25. The summed E-state index contributed by atoms with van der Waals surface area (Å²) in [6.45, 7) is 7.66. The highest BCUT2D eigenvalue weighted by molar-refractivity contribution is 6.01. The Balaban J connectivity index is 1.76. The molecule has 0 saturated heterocycles. The van der Waals surface area contributed by atoms with Crippen molar-refractivity contribution in [1.82, 2.24) is 25.2 Å². The van der Waals surface area contributed by atoms with Crippen LogP contribution in [-0.4, -0.2) is 44.3 Å². The lowest BCUT2D eigenvalue weighted by atomic mass is 9.90. The van der Waals surface area contributed by atoms with Crippen LogP contribution >= 0.6 is 0 Å². The van der Waals surface area contributed by atoms with Crippen molar-refractivity contribution in [3.8, 4) is 0 Å². The number of carbonyl (C=O) groups excluding carboxylic acids is 2. The molecule has 29 heavy (non-hydrogen) atoms. The monoisotopic (exact) mass is 401 g/mol. The average Bonchev–Trinajstić information content (AvgIpc) is 2.80. The maximum Gasteiger partial charge on any atom is 0.408 e. The van der Waals surface area contributed by atoms with Crippen LogP contribution in [0.25, 0.3) is 5.65 Å². The van der Waals surface area contributed by atoms with Crippen LogP contribution in [0.2, 0.25) is 0 Å². The summed E-state index contributed by atoms with van der Waals surface area (Å²) in [5, 5.41) is 10.4. The van der Waals surface area contributed by atoms with E-state index in [9.17, 15) is 9.59 Å². The van der Waals surface area contributed by atoms with Crippen LogP contribution in [0, 0.1) is 6.92 Å². The standard InChI is InChI=1S/C21H31N5O3/c1-15-16(17-22-12-9-13-26(17)25-15)18(27)23-14-21(10-7-5-6-8-11-21)24-19(28)29-20(2,3)4/h9,12-13H,5-8,10-11,14H2,1-4H3,(H,23,27)(H,24,28). The van der Waals surface area contributed by atoms with E-state index < -0.39 is 17.2 Å². The second kappa shape index (κ2) is 8.39.